The third-order valence-electron chi connectivity index (χ3n) is 5.82. The van der Waals surface area contributed by atoms with Crippen molar-refractivity contribution >= 4 is 11.6 Å². The van der Waals surface area contributed by atoms with Crippen LogP contribution in [0, 0.1) is 25.5 Å². The lowest BCUT2D eigenvalue weighted by molar-refractivity contribution is 0.0769. The molecule has 0 radical (unpaired) electrons. The monoisotopic (exact) mass is 527 g/mol. The topological polar surface area (TPSA) is 86.3 Å². The molecule has 0 spiro atoms. The average Bonchev–Trinajstić information content (AvgIpc) is 2.80. The lowest BCUT2D eigenvalue weighted by Gasteiger charge is -2.20. The number of aryl methyl sites for hydroxylation is 2. The number of hydrogen-bond donors (Lipinski definition) is 1. The van der Waals surface area contributed by atoms with Gasteiger partial charge in [-0.1, -0.05) is 23.7 Å². The van der Waals surface area contributed by atoms with Crippen molar-refractivity contribution in [2.24, 2.45) is 0 Å². The van der Waals surface area contributed by atoms with E-state index in [2.05, 4.69) is 4.98 Å². The minimum absolute atomic E-state index is 0.0187. The number of aliphatic hydroxyl groups is 1. The van der Waals surface area contributed by atoms with Crippen LogP contribution in [0.3, 0.4) is 0 Å². The molecule has 0 aliphatic carbocycles. The first-order valence-corrected chi connectivity index (χ1v) is 11.7. The van der Waals surface area contributed by atoms with Gasteiger partial charge in [-0.15, -0.1) is 0 Å². The number of ether oxygens (including phenoxy) is 1. The number of nitrogens with zero attached hydrogens (tertiary/aromatic N) is 3. The Balaban J connectivity index is 1.73. The van der Waals surface area contributed by atoms with E-state index in [0.29, 0.717) is 16.9 Å². The first-order valence-electron chi connectivity index (χ1n) is 11.3. The first kappa shape index (κ1) is 26.2. The molecule has 1 aromatic carbocycles. The molecule has 3 aromatic heterocycles. The molecule has 0 bridgehead atoms. The van der Waals surface area contributed by atoms with Gasteiger partial charge in [0.1, 0.15) is 18.2 Å². The summed E-state index contributed by atoms with van der Waals surface area (Å²) in [7, 11) is 0. The van der Waals surface area contributed by atoms with Crippen molar-refractivity contribution in [3.63, 3.8) is 0 Å². The third kappa shape index (κ3) is 5.19. The maximum absolute atomic E-state index is 13.9. The molecule has 0 aliphatic heterocycles. The van der Waals surface area contributed by atoms with Gasteiger partial charge in [0.25, 0.3) is 11.1 Å². The normalized spacial score (nSPS) is 11.6. The zero-order valence-corrected chi connectivity index (χ0v) is 21.3. The number of pyridine rings is 3. The van der Waals surface area contributed by atoms with E-state index in [9.17, 15) is 23.5 Å². The Morgan fingerprint density at radius 1 is 1.11 bits per heavy atom. The second kappa shape index (κ2) is 9.91. The lowest BCUT2D eigenvalue weighted by Crippen LogP contribution is -2.32. The Morgan fingerprint density at radius 2 is 1.84 bits per heavy atom. The maximum Gasteiger partial charge on any atom is 0.263 e. The molecule has 7 nitrogen and oxygen atoms in total. The molecule has 10 heteroatoms. The minimum Gasteiger partial charge on any atom is -0.489 e. The summed E-state index contributed by atoms with van der Waals surface area (Å²) in [5.41, 5.74) is -0.780. The van der Waals surface area contributed by atoms with E-state index in [-0.39, 0.29) is 34.3 Å². The number of benzene rings is 1. The molecule has 192 valence electrons. The molecular weight excluding hydrogens is 504 g/mol. The summed E-state index contributed by atoms with van der Waals surface area (Å²) >= 11 is 6.17. The van der Waals surface area contributed by atoms with Gasteiger partial charge in [0.15, 0.2) is 11.6 Å². The van der Waals surface area contributed by atoms with Crippen LogP contribution in [0.1, 0.15) is 36.2 Å². The van der Waals surface area contributed by atoms with Crippen LogP contribution in [-0.4, -0.2) is 19.2 Å². The summed E-state index contributed by atoms with van der Waals surface area (Å²) in [6.07, 6.45) is 2.97. The molecule has 0 atom stereocenters. The largest absolute Gasteiger partial charge is 0.489 e. The fourth-order valence-electron chi connectivity index (χ4n) is 4.01. The fraction of sp³-hybridized carbons (Fsp3) is 0.222. The van der Waals surface area contributed by atoms with Crippen LogP contribution >= 0.6 is 11.6 Å². The van der Waals surface area contributed by atoms with Crippen molar-refractivity contribution < 1.29 is 18.6 Å². The molecular formula is C27H24ClF2N3O4. The van der Waals surface area contributed by atoms with Gasteiger partial charge in [-0.2, -0.15) is 0 Å². The highest BCUT2D eigenvalue weighted by atomic mass is 35.5. The van der Waals surface area contributed by atoms with Gasteiger partial charge in [0, 0.05) is 41.9 Å². The standard InChI is InChI=1S/C27H24ClF2N3O4/c1-15-13-31-22(32-9-8-19(28)24(26(32)35)27(3,4)36)12-21(15)33-16(2)10-18(11-23(33)34)37-14-17-6-5-7-20(29)25(17)30/h5-13,36H,14H2,1-4H3. The van der Waals surface area contributed by atoms with Crippen LogP contribution in [0.15, 0.2) is 64.4 Å². The number of aromatic nitrogens is 3. The highest BCUT2D eigenvalue weighted by molar-refractivity contribution is 6.31. The Hall–Kier alpha value is -3.82. The molecule has 4 aromatic rings. The van der Waals surface area contributed by atoms with Gasteiger partial charge in [0.2, 0.25) is 0 Å². The van der Waals surface area contributed by atoms with Crippen molar-refractivity contribution in [1.29, 1.82) is 0 Å². The van der Waals surface area contributed by atoms with Crippen molar-refractivity contribution in [3.05, 3.63) is 115 Å². The van der Waals surface area contributed by atoms with Crippen LogP contribution in [-0.2, 0) is 12.2 Å². The summed E-state index contributed by atoms with van der Waals surface area (Å²) in [5.74, 6) is -1.57. The molecule has 0 fully saturated rings. The second-order valence-electron chi connectivity index (χ2n) is 9.11. The van der Waals surface area contributed by atoms with E-state index in [1.54, 1.807) is 26.0 Å². The van der Waals surface area contributed by atoms with Gasteiger partial charge < -0.3 is 9.84 Å². The maximum atomic E-state index is 13.9. The summed E-state index contributed by atoms with van der Waals surface area (Å²) < 4.78 is 35.6. The molecule has 37 heavy (non-hydrogen) atoms. The summed E-state index contributed by atoms with van der Waals surface area (Å²) in [6, 6.07) is 9.69. The van der Waals surface area contributed by atoms with Gasteiger partial charge in [-0.3, -0.25) is 18.7 Å². The van der Waals surface area contributed by atoms with E-state index in [4.69, 9.17) is 16.3 Å². The van der Waals surface area contributed by atoms with Gasteiger partial charge in [-0.25, -0.2) is 13.8 Å². The average molecular weight is 528 g/mol. The van der Waals surface area contributed by atoms with Crippen LogP contribution in [0.25, 0.3) is 11.5 Å². The fourth-order valence-corrected chi connectivity index (χ4v) is 4.38. The van der Waals surface area contributed by atoms with E-state index in [0.717, 1.165) is 6.07 Å². The molecule has 0 unspecified atom stereocenters. The molecule has 0 saturated heterocycles. The zero-order valence-electron chi connectivity index (χ0n) is 20.6. The number of rotatable bonds is 6. The smallest absolute Gasteiger partial charge is 0.263 e. The van der Waals surface area contributed by atoms with Gasteiger partial charge in [-0.05, 0) is 45.4 Å². The molecule has 0 saturated carbocycles. The minimum atomic E-state index is -1.48. The van der Waals surface area contributed by atoms with Gasteiger partial charge >= 0.3 is 0 Å². The van der Waals surface area contributed by atoms with Crippen molar-refractivity contribution in [2.75, 3.05) is 0 Å². The van der Waals surface area contributed by atoms with Crippen molar-refractivity contribution in [1.82, 2.24) is 14.1 Å². The van der Waals surface area contributed by atoms with Crippen molar-refractivity contribution in [2.45, 2.75) is 39.9 Å². The zero-order chi connectivity index (χ0) is 27.1. The van der Waals surface area contributed by atoms with E-state index < -0.39 is 28.4 Å². The predicted molar refractivity (Wildman–Crippen MR) is 136 cm³/mol. The molecule has 1 N–H and O–H groups in total. The third-order valence-corrected chi connectivity index (χ3v) is 6.13. The molecule has 4 rings (SSSR count). The van der Waals surface area contributed by atoms with Crippen molar-refractivity contribution in [3.8, 4) is 17.3 Å². The quantitative estimate of drug-likeness (QED) is 0.391. The highest BCUT2D eigenvalue weighted by Crippen LogP contribution is 2.25. The first-order chi connectivity index (χ1) is 17.4. The number of halogens is 3. The Bertz CT molecular complexity index is 1620. The SMILES string of the molecule is Cc1cnc(-n2ccc(Cl)c(C(C)(C)O)c2=O)cc1-n1c(C)cc(OCc2cccc(F)c2F)cc1=O. The Labute approximate surface area is 216 Å². The number of hydrogen-bond acceptors (Lipinski definition) is 5. The van der Waals surface area contributed by atoms with Gasteiger partial charge in [0.05, 0.1) is 21.9 Å². The Kier molecular flexibility index (Phi) is 7.03. The molecule has 0 amide bonds. The van der Waals surface area contributed by atoms with E-state index in [1.807, 2.05) is 0 Å². The van der Waals surface area contributed by atoms with E-state index in [1.165, 1.54) is 59.6 Å². The van der Waals surface area contributed by atoms with Crippen LogP contribution in [0.2, 0.25) is 5.02 Å². The van der Waals surface area contributed by atoms with Crippen LogP contribution < -0.4 is 15.9 Å². The molecule has 3 heterocycles. The lowest BCUT2D eigenvalue weighted by atomic mass is 10.00. The highest BCUT2D eigenvalue weighted by Gasteiger charge is 2.25. The summed E-state index contributed by atoms with van der Waals surface area (Å²) in [4.78, 5) is 30.6. The summed E-state index contributed by atoms with van der Waals surface area (Å²) in [5, 5.41) is 10.6. The van der Waals surface area contributed by atoms with Crippen LogP contribution in [0.5, 0.6) is 5.75 Å². The second-order valence-corrected chi connectivity index (χ2v) is 9.52. The van der Waals surface area contributed by atoms with Crippen LogP contribution in [0.4, 0.5) is 8.78 Å². The Morgan fingerprint density at radius 3 is 2.51 bits per heavy atom. The predicted octanol–water partition coefficient (Wildman–Crippen LogP) is 4.74. The summed E-state index contributed by atoms with van der Waals surface area (Å²) in [6.45, 7) is 6.12. The van der Waals surface area contributed by atoms with E-state index >= 15 is 0 Å². The molecule has 0 aliphatic rings.